The first-order valence-electron chi connectivity index (χ1n) is 9.62. The number of hydrogen-bond donors (Lipinski definition) is 2. The fourth-order valence-electron chi connectivity index (χ4n) is 3.01. The highest BCUT2D eigenvalue weighted by atomic mass is 19.3. The molecule has 0 radical (unpaired) electrons. The zero-order valence-electron chi connectivity index (χ0n) is 16.3. The van der Waals surface area contributed by atoms with Crippen molar-refractivity contribution in [1.29, 1.82) is 0 Å². The van der Waals surface area contributed by atoms with Gasteiger partial charge in [0.1, 0.15) is 5.75 Å². The molecule has 1 saturated heterocycles. The summed E-state index contributed by atoms with van der Waals surface area (Å²) < 4.78 is 29.6. The highest BCUT2D eigenvalue weighted by Crippen LogP contribution is 2.20. The van der Waals surface area contributed by atoms with Crippen LogP contribution in [0.1, 0.15) is 19.4 Å². The molecule has 0 bridgehead atoms. The second-order valence-electron chi connectivity index (χ2n) is 6.38. The molecule has 0 spiro atoms. The highest BCUT2D eigenvalue weighted by Gasteiger charge is 2.15. The van der Waals surface area contributed by atoms with E-state index in [1.54, 1.807) is 18.2 Å². The predicted molar refractivity (Wildman–Crippen MR) is 104 cm³/mol. The normalized spacial score (nSPS) is 16.6. The third-order valence-electron chi connectivity index (χ3n) is 4.57. The van der Waals surface area contributed by atoms with E-state index in [2.05, 4.69) is 37.1 Å². The molecule has 0 aromatic heterocycles. The summed E-state index contributed by atoms with van der Waals surface area (Å²) >= 11 is 0. The van der Waals surface area contributed by atoms with Gasteiger partial charge >= 0.3 is 6.61 Å². The molecule has 1 aromatic rings. The molecule has 152 valence electrons. The second-order valence-corrected chi connectivity index (χ2v) is 6.38. The molecule has 1 aromatic carbocycles. The fraction of sp³-hybridized carbons (Fsp3) is 0.632. The van der Waals surface area contributed by atoms with E-state index >= 15 is 0 Å². The van der Waals surface area contributed by atoms with Crippen LogP contribution in [0.2, 0.25) is 0 Å². The maximum atomic E-state index is 12.5. The number of aliphatic imine (C=N–C) groups is 1. The Morgan fingerprint density at radius 3 is 2.48 bits per heavy atom. The number of nitrogens with one attached hydrogen (secondary N) is 2. The summed E-state index contributed by atoms with van der Waals surface area (Å²) in [6.07, 6.45) is 0. The third-order valence-corrected chi connectivity index (χ3v) is 4.57. The van der Waals surface area contributed by atoms with Crippen molar-refractivity contribution in [3.05, 3.63) is 29.8 Å². The highest BCUT2D eigenvalue weighted by molar-refractivity contribution is 5.79. The lowest BCUT2D eigenvalue weighted by atomic mass is 10.2. The lowest BCUT2D eigenvalue weighted by Crippen LogP contribution is -2.49. The Balaban J connectivity index is 1.84. The average Bonchev–Trinajstić information content (AvgIpc) is 2.67. The van der Waals surface area contributed by atoms with Gasteiger partial charge in [-0.2, -0.15) is 8.78 Å². The van der Waals surface area contributed by atoms with Crippen LogP contribution in [0.25, 0.3) is 0 Å². The van der Waals surface area contributed by atoms with Crippen LogP contribution in [0, 0.1) is 0 Å². The molecular formula is C19H31F2N5O. The number of ether oxygens (including phenoxy) is 1. The molecular weight excluding hydrogens is 352 g/mol. The van der Waals surface area contributed by atoms with Crippen LogP contribution in [0.3, 0.4) is 0 Å². The van der Waals surface area contributed by atoms with E-state index in [9.17, 15) is 8.78 Å². The Morgan fingerprint density at radius 1 is 1.11 bits per heavy atom. The number of halogens is 2. The Morgan fingerprint density at radius 2 is 1.81 bits per heavy atom. The quantitative estimate of drug-likeness (QED) is 0.505. The summed E-state index contributed by atoms with van der Waals surface area (Å²) in [4.78, 5) is 9.39. The van der Waals surface area contributed by atoms with E-state index in [1.807, 2.05) is 6.92 Å². The summed E-state index contributed by atoms with van der Waals surface area (Å²) in [6.45, 7) is 9.61. The van der Waals surface area contributed by atoms with E-state index in [0.29, 0.717) is 11.5 Å². The first-order chi connectivity index (χ1) is 13.1. The number of guanidine groups is 1. The van der Waals surface area contributed by atoms with Crippen molar-refractivity contribution < 1.29 is 13.5 Å². The Labute approximate surface area is 160 Å². The first-order valence-corrected chi connectivity index (χ1v) is 9.62. The van der Waals surface area contributed by atoms with Gasteiger partial charge in [0.2, 0.25) is 0 Å². The summed E-state index contributed by atoms with van der Waals surface area (Å²) in [6, 6.07) is 6.75. The van der Waals surface area contributed by atoms with Gasteiger partial charge in [0.15, 0.2) is 5.96 Å². The topological polar surface area (TPSA) is 52.1 Å². The molecule has 0 aliphatic carbocycles. The van der Waals surface area contributed by atoms with Crippen molar-refractivity contribution in [2.75, 3.05) is 52.4 Å². The van der Waals surface area contributed by atoms with E-state index in [1.165, 1.54) is 6.07 Å². The minimum absolute atomic E-state index is 0.167. The lowest BCUT2D eigenvalue weighted by molar-refractivity contribution is -0.0504. The number of nitrogens with zero attached hydrogens (tertiary/aromatic N) is 3. The second kappa shape index (κ2) is 11.7. The molecule has 6 nitrogen and oxygen atoms in total. The molecule has 0 unspecified atom stereocenters. The molecule has 1 heterocycles. The number of rotatable bonds is 9. The molecule has 1 fully saturated rings. The van der Waals surface area contributed by atoms with Gasteiger partial charge in [0.05, 0.1) is 6.54 Å². The van der Waals surface area contributed by atoms with Gasteiger partial charge in [-0.15, -0.1) is 0 Å². The number of para-hydroxylation sites is 1. The lowest BCUT2D eigenvalue weighted by Gasteiger charge is -2.34. The van der Waals surface area contributed by atoms with Crippen molar-refractivity contribution in [1.82, 2.24) is 20.4 Å². The molecule has 1 aliphatic rings. The van der Waals surface area contributed by atoms with E-state index < -0.39 is 6.61 Å². The number of piperazine rings is 1. The Bertz CT molecular complexity index is 577. The van der Waals surface area contributed by atoms with Crippen LogP contribution < -0.4 is 15.4 Å². The van der Waals surface area contributed by atoms with Crippen molar-refractivity contribution >= 4 is 5.96 Å². The van der Waals surface area contributed by atoms with Crippen LogP contribution in [0.5, 0.6) is 5.75 Å². The largest absolute Gasteiger partial charge is 0.434 e. The average molecular weight is 383 g/mol. The van der Waals surface area contributed by atoms with Gasteiger partial charge in [-0.05, 0) is 19.5 Å². The summed E-state index contributed by atoms with van der Waals surface area (Å²) in [5.74, 6) is 0.845. The SMILES string of the molecule is CCNC(=NCc1ccccc1OC(F)F)NCCN1CCN(CC)CC1. The smallest absolute Gasteiger partial charge is 0.387 e. The predicted octanol–water partition coefficient (Wildman–Crippen LogP) is 1.98. The maximum absolute atomic E-state index is 12.5. The van der Waals surface area contributed by atoms with Crippen LogP contribution in [-0.2, 0) is 6.54 Å². The fourth-order valence-corrected chi connectivity index (χ4v) is 3.01. The number of likely N-dealkylation sites (N-methyl/N-ethyl adjacent to an activating group) is 1. The van der Waals surface area contributed by atoms with E-state index in [4.69, 9.17) is 0 Å². The van der Waals surface area contributed by atoms with Crippen molar-refractivity contribution in [3.8, 4) is 5.75 Å². The van der Waals surface area contributed by atoms with Gasteiger partial charge in [-0.25, -0.2) is 4.99 Å². The third kappa shape index (κ3) is 7.68. The number of benzene rings is 1. The number of alkyl halides is 2. The molecule has 0 atom stereocenters. The van der Waals surface area contributed by atoms with E-state index in [0.717, 1.165) is 52.4 Å². The molecule has 0 amide bonds. The van der Waals surface area contributed by atoms with E-state index in [-0.39, 0.29) is 12.3 Å². The molecule has 2 N–H and O–H groups in total. The molecule has 2 rings (SSSR count). The minimum atomic E-state index is -2.84. The van der Waals surface area contributed by atoms with Gasteiger partial charge in [-0.1, -0.05) is 25.1 Å². The Hall–Kier alpha value is -1.93. The van der Waals surface area contributed by atoms with Crippen LogP contribution >= 0.6 is 0 Å². The number of hydrogen-bond acceptors (Lipinski definition) is 4. The van der Waals surface area contributed by atoms with Gasteiger partial charge in [-0.3, -0.25) is 4.90 Å². The zero-order chi connectivity index (χ0) is 19.5. The van der Waals surface area contributed by atoms with Crippen molar-refractivity contribution in [3.63, 3.8) is 0 Å². The van der Waals surface area contributed by atoms with Gasteiger partial charge < -0.3 is 20.3 Å². The Kier molecular flexibility index (Phi) is 9.27. The first kappa shape index (κ1) is 21.4. The monoisotopic (exact) mass is 383 g/mol. The standard InChI is InChI=1S/C19H31F2N5O/c1-3-22-19(23-9-10-26-13-11-25(4-2)12-14-26)24-15-16-7-5-6-8-17(16)27-18(20)21/h5-8,18H,3-4,9-15H2,1-2H3,(H2,22,23,24). The molecule has 0 saturated carbocycles. The van der Waals surface area contributed by atoms with Crippen molar-refractivity contribution in [2.45, 2.75) is 27.0 Å². The minimum Gasteiger partial charge on any atom is -0.434 e. The summed E-state index contributed by atoms with van der Waals surface area (Å²) in [7, 11) is 0. The van der Waals surface area contributed by atoms with Crippen LogP contribution in [-0.4, -0.2) is 74.7 Å². The van der Waals surface area contributed by atoms with Gasteiger partial charge in [0.25, 0.3) is 0 Å². The zero-order valence-corrected chi connectivity index (χ0v) is 16.3. The molecule has 8 heteroatoms. The van der Waals surface area contributed by atoms with Crippen LogP contribution in [0.15, 0.2) is 29.3 Å². The van der Waals surface area contributed by atoms with Crippen molar-refractivity contribution in [2.24, 2.45) is 4.99 Å². The molecule has 1 aliphatic heterocycles. The summed E-state index contributed by atoms with van der Waals surface area (Å²) in [5, 5.41) is 6.51. The maximum Gasteiger partial charge on any atom is 0.387 e. The van der Waals surface area contributed by atoms with Crippen LogP contribution in [0.4, 0.5) is 8.78 Å². The van der Waals surface area contributed by atoms with Gasteiger partial charge in [0, 0.05) is 51.4 Å². The summed E-state index contributed by atoms with van der Waals surface area (Å²) in [5.41, 5.74) is 0.630. The molecule has 27 heavy (non-hydrogen) atoms.